The van der Waals surface area contributed by atoms with Crippen LogP contribution in [0.4, 0.5) is 0 Å². The van der Waals surface area contributed by atoms with Gasteiger partial charge in [-0.25, -0.2) is 0 Å². The van der Waals surface area contributed by atoms with E-state index < -0.39 is 6.04 Å². The van der Waals surface area contributed by atoms with Crippen molar-refractivity contribution in [3.63, 3.8) is 0 Å². The predicted molar refractivity (Wildman–Crippen MR) is 75.3 cm³/mol. The molecule has 5 heteroatoms. The molecule has 1 rings (SSSR count). The molecule has 4 N–H and O–H groups in total. The second kappa shape index (κ2) is 7.48. The molecule has 0 aromatic carbocycles. The zero-order valence-electron chi connectivity index (χ0n) is 12.2. The van der Waals surface area contributed by atoms with Crippen LogP contribution in [0.5, 0.6) is 0 Å². The van der Waals surface area contributed by atoms with E-state index in [4.69, 9.17) is 5.73 Å². The van der Waals surface area contributed by atoms with Crippen molar-refractivity contribution >= 4 is 11.8 Å². The Morgan fingerprint density at radius 3 is 2.53 bits per heavy atom. The zero-order chi connectivity index (χ0) is 14.4. The minimum Gasteiger partial charge on any atom is -0.354 e. The van der Waals surface area contributed by atoms with Gasteiger partial charge in [0.2, 0.25) is 11.8 Å². The normalized spacial score (nSPS) is 24.3. The molecule has 0 bridgehead atoms. The lowest BCUT2D eigenvalue weighted by Gasteiger charge is -2.21. The van der Waals surface area contributed by atoms with Gasteiger partial charge in [0.05, 0.1) is 0 Å². The molecule has 19 heavy (non-hydrogen) atoms. The number of nitrogens with one attached hydrogen (secondary N) is 2. The number of carbonyl (C=O) groups excluding carboxylic acids is 2. The van der Waals surface area contributed by atoms with Gasteiger partial charge in [0, 0.05) is 12.5 Å². The van der Waals surface area contributed by atoms with E-state index >= 15 is 0 Å². The number of nitrogens with two attached hydrogens (primary N) is 1. The van der Waals surface area contributed by atoms with E-state index in [1.165, 1.54) is 0 Å². The van der Waals surface area contributed by atoms with Crippen molar-refractivity contribution in [2.75, 3.05) is 13.1 Å². The summed E-state index contributed by atoms with van der Waals surface area (Å²) in [6.45, 7) is 6.97. The van der Waals surface area contributed by atoms with Gasteiger partial charge in [-0.05, 0) is 38.1 Å². The van der Waals surface area contributed by atoms with Gasteiger partial charge in [0.25, 0.3) is 0 Å². The molecule has 0 spiro atoms. The Kier molecular flexibility index (Phi) is 6.28. The van der Waals surface area contributed by atoms with Crippen LogP contribution in [-0.2, 0) is 9.59 Å². The van der Waals surface area contributed by atoms with Crippen LogP contribution in [0.25, 0.3) is 0 Å². The third-order valence-corrected chi connectivity index (χ3v) is 3.74. The molecule has 3 atom stereocenters. The Hall–Kier alpha value is -1.10. The van der Waals surface area contributed by atoms with Gasteiger partial charge in [0.1, 0.15) is 6.04 Å². The Labute approximate surface area is 115 Å². The zero-order valence-corrected chi connectivity index (χ0v) is 12.2. The summed E-state index contributed by atoms with van der Waals surface area (Å²) in [4.78, 5) is 23.9. The number of amides is 2. The van der Waals surface area contributed by atoms with Crippen LogP contribution < -0.4 is 16.4 Å². The first-order valence-electron chi connectivity index (χ1n) is 7.23. The average molecular weight is 269 g/mol. The van der Waals surface area contributed by atoms with Gasteiger partial charge in [-0.3, -0.25) is 9.59 Å². The van der Waals surface area contributed by atoms with Crippen molar-refractivity contribution in [1.82, 2.24) is 10.6 Å². The van der Waals surface area contributed by atoms with E-state index in [2.05, 4.69) is 10.6 Å². The molecule has 0 radical (unpaired) electrons. The van der Waals surface area contributed by atoms with Crippen LogP contribution in [0.3, 0.4) is 0 Å². The third-order valence-electron chi connectivity index (χ3n) is 3.74. The van der Waals surface area contributed by atoms with Gasteiger partial charge in [-0.15, -0.1) is 0 Å². The standard InChI is InChI=1S/C14H27N3O2/c1-9(2)8-16-13(18)10(3)17-14(19)12-6-4-5-11(12)7-15/h9-12H,4-8,15H2,1-3H3,(H,16,18)(H,17,19). The van der Waals surface area contributed by atoms with Crippen molar-refractivity contribution in [3.05, 3.63) is 0 Å². The molecular weight excluding hydrogens is 242 g/mol. The summed E-state index contributed by atoms with van der Waals surface area (Å²) in [5.74, 6) is 0.504. The second-order valence-electron chi connectivity index (χ2n) is 5.90. The minimum atomic E-state index is -0.481. The summed E-state index contributed by atoms with van der Waals surface area (Å²) in [5, 5.41) is 5.63. The fraction of sp³-hybridized carbons (Fsp3) is 0.857. The Morgan fingerprint density at radius 1 is 1.26 bits per heavy atom. The van der Waals surface area contributed by atoms with Crippen LogP contribution in [0.2, 0.25) is 0 Å². The highest BCUT2D eigenvalue weighted by Gasteiger charge is 2.33. The topological polar surface area (TPSA) is 84.2 Å². The van der Waals surface area contributed by atoms with E-state index in [9.17, 15) is 9.59 Å². The van der Waals surface area contributed by atoms with Crippen LogP contribution in [0.1, 0.15) is 40.0 Å². The van der Waals surface area contributed by atoms with Crippen LogP contribution >= 0.6 is 0 Å². The molecular formula is C14H27N3O2. The highest BCUT2D eigenvalue weighted by atomic mass is 16.2. The molecule has 0 aliphatic heterocycles. The van der Waals surface area contributed by atoms with E-state index in [1.807, 2.05) is 13.8 Å². The highest BCUT2D eigenvalue weighted by molar-refractivity contribution is 5.88. The monoisotopic (exact) mass is 269 g/mol. The number of hydrogen-bond donors (Lipinski definition) is 3. The number of rotatable bonds is 6. The lowest BCUT2D eigenvalue weighted by Crippen LogP contribution is -2.48. The van der Waals surface area contributed by atoms with Crippen molar-refractivity contribution in [1.29, 1.82) is 0 Å². The van der Waals surface area contributed by atoms with Crippen molar-refractivity contribution in [2.24, 2.45) is 23.5 Å². The summed E-state index contributed by atoms with van der Waals surface area (Å²) < 4.78 is 0. The van der Waals surface area contributed by atoms with Crippen LogP contribution in [-0.4, -0.2) is 30.9 Å². The van der Waals surface area contributed by atoms with E-state index in [1.54, 1.807) is 6.92 Å². The smallest absolute Gasteiger partial charge is 0.242 e. The van der Waals surface area contributed by atoms with Crippen molar-refractivity contribution in [2.45, 2.75) is 46.1 Å². The van der Waals surface area contributed by atoms with Crippen LogP contribution in [0.15, 0.2) is 0 Å². The summed E-state index contributed by atoms with van der Waals surface area (Å²) in [6.07, 6.45) is 2.95. The maximum Gasteiger partial charge on any atom is 0.242 e. The fourth-order valence-corrected chi connectivity index (χ4v) is 2.51. The molecule has 1 saturated carbocycles. The summed E-state index contributed by atoms with van der Waals surface area (Å²) in [7, 11) is 0. The lowest BCUT2D eigenvalue weighted by molar-refractivity contribution is -0.131. The molecule has 0 saturated heterocycles. The maximum absolute atomic E-state index is 12.1. The molecule has 110 valence electrons. The van der Waals surface area contributed by atoms with Gasteiger partial charge < -0.3 is 16.4 Å². The van der Waals surface area contributed by atoms with Crippen molar-refractivity contribution in [3.8, 4) is 0 Å². The molecule has 0 aromatic heterocycles. The number of hydrogen-bond acceptors (Lipinski definition) is 3. The van der Waals surface area contributed by atoms with Gasteiger partial charge in [-0.2, -0.15) is 0 Å². The minimum absolute atomic E-state index is 0.0228. The SMILES string of the molecule is CC(C)CNC(=O)C(C)NC(=O)C1CCCC1CN. The average Bonchev–Trinajstić information content (AvgIpc) is 2.83. The summed E-state index contributed by atoms with van der Waals surface area (Å²) in [5.41, 5.74) is 5.67. The number of carbonyl (C=O) groups is 2. The molecule has 1 aliphatic rings. The molecule has 5 nitrogen and oxygen atoms in total. The predicted octanol–water partition coefficient (Wildman–Crippen LogP) is 0.638. The molecule has 3 unspecified atom stereocenters. The Morgan fingerprint density at radius 2 is 1.95 bits per heavy atom. The maximum atomic E-state index is 12.1. The first-order valence-corrected chi connectivity index (χ1v) is 7.23. The largest absolute Gasteiger partial charge is 0.354 e. The third kappa shape index (κ3) is 4.82. The molecule has 0 aromatic rings. The van der Waals surface area contributed by atoms with Crippen molar-refractivity contribution < 1.29 is 9.59 Å². The van der Waals surface area contributed by atoms with E-state index in [0.717, 1.165) is 19.3 Å². The fourth-order valence-electron chi connectivity index (χ4n) is 2.51. The van der Waals surface area contributed by atoms with Crippen LogP contribution in [0, 0.1) is 17.8 Å². The van der Waals surface area contributed by atoms with Gasteiger partial charge in [-0.1, -0.05) is 20.3 Å². The molecule has 2 amide bonds. The highest BCUT2D eigenvalue weighted by Crippen LogP contribution is 2.30. The lowest BCUT2D eigenvalue weighted by atomic mass is 9.95. The van der Waals surface area contributed by atoms with E-state index in [-0.39, 0.29) is 23.7 Å². The van der Waals surface area contributed by atoms with E-state index in [0.29, 0.717) is 19.0 Å². The molecule has 1 aliphatic carbocycles. The Bertz CT molecular complexity index is 318. The van der Waals surface area contributed by atoms with Gasteiger partial charge in [0.15, 0.2) is 0 Å². The van der Waals surface area contributed by atoms with Gasteiger partial charge >= 0.3 is 0 Å². The summed E-state index contributed by atoms with van der Waals surface area (Å²) in [6, 6.07) is -0.481. The first-order chi connectivity index (χ1) is 8.95. The molecule has 0 heterocycles. The second-order valence-corrected chi connectivity index (χ2v) is 5.90. The summed E-state index contributed by atoms with van der Waals surface area (Å²) >= 11 is 0. The molecule has 1 fully saturated rings. The quantitative estimate of drug-likeness (QED) is 0.661. The Balaban J connectivity index is 2.40. The first kappa shape index (κ1) is 16.0.